The number of aliphatic hydroxyl groups is 1. The van der Waals surface area contributed by atoms with Crippen molar-refractivity contribution in [2.24, 2.45) is 29.4 Å². The Bertz CT molecular complexity index is 1030. The summed E-state index contributed by atoms with van der Waals surface area (Å²) in [6, 6.07) is 3.04. The predicted molar refractivity (Wildman–Crippen MR) is 103 cm³/mol. The van der Waals surface area contributed by atoms with E-state index in [9.17, 15) is 34.2 Å². The van der Waals surface area contributed by atoms with Gasteiger partial charge in [0.2, 0.25) is 5.91 Å². The molecule has 5 unspecified atom stereocenters. The summed E-state index contributed by atoms with van der Waals surface area (Å²) in [6.07, 6.45) is 0.0175. The SMILES string of the molecule is CN(C)c1ccc(O)c2c1CC1CC3CC(=O)C(C(N)=O)C(=O)C3(O)C(=O)C1C2=O. The van der Waals surface area contributed by atoms with E-state index in [0.717, 1.165) is 0 Å². The molecule has 0 bridgehead atoms. The van der Waals surface area contributed by atoms with E-state index in [-0.39, 0.29) is 30.6 Å². The zero-order valence-corrected chi connectivity index (χ0v) is 16.5. The molecule has 3 aliphatic rings. The van der Waals surface area contributed by atoms with Gasteiger partial charge in [-0.15, -0.1) is 0 Å². The summed E-state index contributed by atoms with van der Waals surface area (Å²) in [5, 5.41) is 21.4. The third-order valence-electron chi connectivity index (χ3n) is 6.74. The van der Waals surface area contributed by atoms with Crippen LogP contribution in [0.5, 0.6) is 5.75 Å². The third kappa shape index (κ3) is 2.48. The number of amides is 1. The summed E-state index contributed by atoms with van der Waals surface area (Å²) < 4.78 is 0. The van der Waals surface area contributed by atoms with Gasteiger partial charge in [-0.25, -0.2) is 0 Å². The van der Waals surface area contributed by atoms with Gasteiger partial charge < -0.3 is 20.8 Å². The Hall–Kier alpha value is -3.07. The second-order valence-electron chi connectivity index (χ2n) is 8.59. The predicted octanol–water partition coefficient (Wildman–Crippen LogP) is -0.607. The van der Waals surface area contributed by atoms with Gasteiger partial charge in [0.25, 0.3) is 0 Å². The van der Waals surface area contributed by atoms with Crippen LogP contribution in [0.2, 0.25) is 0 Å². The van der Waals surface area contributed by atoms with Gasteiger partial charge in [0.15, 0.2) is 34.7 Å². The van der Waals surface area contributed by atoms with Gasteiger partial charge in [-0.1, -0.05) is 0 Å². The van der Waals surface area contributed by atoms with Crippen molar-refractivity contribution in [1.82, 2.24) is 0 Å². The molecule has 0 aliphatic heterocycles. The van der Waals surface area contributed by atoms with E-state index >= 15 is 0 Å². The first-order valence-electron chi connectivity index (χ1n) is 9.69. The van der Waals surface area contributed by atoms with E-state index in [1.807, 2.05) is 0 Å². The lowest BCUT2D eigenvalue weighted by atomic mass is 9.54. The molecule has 158 valence electrons. The molecule has 0 spiro atoms. The fourth-order valence-corrected chi connectivity index (χ4v) is 5.37. The minimum absolute atomic E-state index is 0.00337. The number of hydrogen-bond donors (Lipinski definition) is 3. The van der Waals surface area contributed by atoms with E-state index in [1.54, 1.807) is 25.1 Å². The molecule has 30 heavy (non-hydrogen) atoms. The van der Waals surface area contributed by atoms with Crippen molar-refractivity contribution in [3.63, 3.8) is 0 Å². The van der Waals surface area contributed by atoms with Gasteiger partial charge in [-0.3, -0.25) is 24.0 Å². The summed E-state index contributed by atoms with van der Waals surface area (Å²) in [7, 11) is 3.58. The first kappa shape index (κ1) is 20.2. The number of aromatic hydroxyl groups is 1. The molecular formula is C21H22N2O7. The number of Topliss-reactive ketones (excluding diaryl/α,β-unsaturated/α-hetero) is 4. The van der Waals surface area contributed by atoms with E-state index in [0.29, 0.717) is 11.3 Å². The number of anilines is 1. The molecule has 5 atom stereocenters. The molecule has 1 amide bonds. The molecule has 4 rings (SSSR count). The van der Waals surface area contributed by atoms with Crippen LogP contribution in [0, 0.1) is 23.7 Å². The number of fused-ring (bicyclic) bond motifs is 3. The largest absolute Gasteiger partial charge is 0.507 e. The van der Waals surface area contributed by atoms with Crippen LogP contribution in [0.3, 0.4) is 0 Å². The van der Waals surface area contributed by atoms with Gasteiger partial charge in [0.1, 0.15) is 5.75 Å². The number of phenolic OH excluding ortho intramolecular Hbond substituents is 1. The molecule has 9 nitrogen and oxygen atoms in total. The molecule has 0 aromatic heterocycles. The molecule has 9 heteroatoms. The summed E-state index contributed by atoms with van der Waals surface area (Å²) in [5.74, 6) is -9.93. The van der Waals surface area contributed by atoms with Gasteiger partial charge >= 0.3 is 0 Å². The molecule has 1 aromatic rings. The molecule has 2 fully saturated rings. The quantitative estimate of drug-likeness (QED) is 0.542. The molecule has 2 saturated carbocycles. The summed E-state index contributed by atoms with van der Waals surface area (Å²) >= 11 is 0. The van der Waals surface area contributed by atoms with Gasteiger partial charge in [0.05, 0.1) is 11.5 Å². The van der Waals surface area contributed by atoms with E-state index in [4.69, 9.17) is 5.73 Å². The first-order valence-corrected chi connectivity index (χ1v) is 9.69. The second kappa shape index (κ2) is 6.46. The number of carbonyl (C=O) groups excluding carboxylic acids is 5. The number of carbonyl (C=O) groups is 5. The van der Waals surface area contributed by atoms with Crippen LogP contribution in [0.15, 0.2) is 12.1 Å². The molecule has 1 aromatic carbocycles. The number of nitrogens with zero attached hydrogens (tertiary/aromatic N) is 1. The molecule has 3 aliphatic carbocycles. The van der Waals surface area contributed by atoms with Crippen molar-refractivity contribution in [1.29, 1.82) is 0 Å². The third-order valence-corrected chi connectivity index (χ3v) is 6.74. The number of primary amides is 1. The van der Waals surface area contributed by atoms with Crippen LogP contribution < -0.4 is 10.6 Å². The number of phenols is 1. The average Bonchev–Trinajstić information content (AvgIpc) is 2.64. The lowest BCUT2D eigenvalue weighted by Gasteiger charge is -2.48. The topological polar surface area (TPSA) is 155 Å². The maximum atomic E-state index is 13.3. The number of nitrogens with two attached hydrogens (primary N) is 1. The van der Waals surface area contributed by atoms with E-state index < -0.39 is 58.3 Å². The van der Waals surface area contributed by atoms with Crippen LogP contribution in [-0.4, -0.2) is 58.9 Å². The van der Waals surface area contributed by atoms with Crippen molar-refractivity contribution in [3.05, 3.63) is 23.3 Å². The highest BCUT2D eigenvalue weighted by atomic mass is 16.3. The minimum Gasteiger partial charge on any atom is -0.507 e. The zero-order chi connectivity index (χ0) is 22.1. The van der Waals surface area contributed by atoms with Crippen molar-refractivity contribution < 1.29 is 34.2 Å². The van der Waals surface area contributed by atoms with Crippen LogP contribution in [0.1, 0.15) is 28.8 Å². The van der Waals surface area contributed by atoms with Gasteiger partial charge in [-0.05, 0) is 36.5 Å². The average molecular weight is 414 g/mol. The van der Waals surface area contributed by atoms with Crippen molar-refractivity contribution >= 4 is 34.7 Å². The van der Waals surface area contributed by atoms with Crippen molar-refractivity contribution in [2.75, 3.05) is 19.0 Å². The minimum atomic E-state index is -2.61. The zero-order valence-electron chi connectivity index (χ0n) is 16.5. The van der Waals surface area contributed by atoms with Crippen LogP contribution >= 0.6 is 0 Å². The van der Waals surface area contributed by atoms with Crippen LogP contribution in [-0.2, 0) is 25.6 Å². The van der Waals surface area contributed by atoms with Gasteiger partial charge in [-0.2, -0.15) is 0 Å². The number of rotatable bonds is 2. The van der Waals surface area contributed by atoms with E-state index in [1.165, 1.54) is 6.07 Å². The number of ketones is 4. The molecule has 0 saturated heterocycles. The maximum absolute atomic E-state index is 13.3. The fourth-order valence-electron chi connectivity index (χ4n) is 5.37. The van der Waals surface area contributed by atoms with Crippen molar-refractivity contribution in [3.8, 4) is 5.75 Å². The highest BCUT2D eigenvalue weighted by Gasteiger charge is 2.66. The molecule has 0 radical (unpaired) electrons. The summed E-state index contributed by atoms with van der Waals surface area (Å²) in [4.78, 5) is 65.1. The van der Waals surface area contributed by atoms with Crippen molar-refractivity contribution in [2.45, 2.75) is 24.9 Å². The monoisotopic (exact) mass is 414 g/mol. The molecular weight excluding hydrogens is 392 g/mol. The lowest BCUT2D eigenvalue weighted by Crippen LogP contribution is -2.68. The fraction of sp³-hybridized carbons (Fsp3) is 0.476. The first-order chi connectivity index (χ1) is 14.0. The Labute approximate surface area is 171 Å². The Morgan fingerprint density at radius 3 is 2.40 bits per heavy atom. The van der Waals surface area contributed by atoms with E-state index in [2.05, 4.69) is 0 Å². The Morgan fingerprint density at radius 1 is 1.13 bits per heavy atom. The standard InChI is InChI=1S/C21H22N2O7/c1-23(2)11-3-4-12(24)15-10(11)6-8-5-9-7-13(25)16(20(22)29)19(28)21(9,30)18(27)14(8)17(15)26/h3-4,8-9,14,16,24,30H,5-7H2,1-2H3,(H2,22,29). The Balaban J connectivity index is 1.83. The summed E-state index contributed by atoms with van der Waals surface area (Å²) in [5.41, 5.74) is 3.85. The number of benzene rings is 1. The Morgan fingerprint density at radius 2 is 1.80 bits per heavy atom. The molecule has 0 heterocycles. The highest BCUT2D eigenvalue weighted by Crippen LogP contribution is 2.50. The van der Waals surface area contributed by atoms with Gasteiger partial charge in [0, 0.05) is 32.1 Å². The summed E-state index contributed by atoms with van der Waals surface area (Å²) in [6.45, 7) is 0. The highest BCUT2D eigenvalue weighted by molar-refractivity contribution is 6.31. The lowest BCUT2D eigenvalue weighted by molar-refractivity contribution is -0.175. The smallest absolute Gasteiger partial charge is 0.235 e. The van der Waals surface area contributed by atoms with Crippen LogP contribution in [0.25, 0.3) is 0 Å². The van der Waals surface area contributed by atoms with Crippen LogP contribution in [0.4, 0.5) is 5.69 Å². The second-order valence-corrected chi connectivity index (χ2v) is 8.59. The molecule has 4 N–H and O–H groups in total. The number of hydrogen-bond acceptors (Lipinski definition) is 8. The Kier molecular flexibility index (Phi) is 4.36. The maximum Gasteiger partial charge on any atom is 0.235 e. The normalized spacial score (nSPS) is 32.9.